The van der Waals surface area contributed by atoms with Crippen LogP contribution < -0.4 is 5.56 Å². The molecular formula is C19H17FN2O4. The minimum atomic E-state index is -0.883. The highest BCUT2D eigenvalue weighted by atomic mass is 19.1. The van der Waals surface area contributed by atoms with Crippen LogP contribution in [0, 0.1) is 5.82 Å². The third-order valence-electron chi connectivity index (χ3n) is 4.05. The van der Waals surface area contributed by atoms with Crippen LogP contribution in [0.5, 0.6) is 5.75 Å². The number of aromatic nitrogens is 2. The van der Waals surface area contributed by atoms with Gasteiger partial charge in [-0.2, -0.15) is 0 Å². The molecule has 134 valence electrons. The number of pyridine rings is 2. The van der Waals surface area contributed by atoms with E-state index >= 15 is 0 Å². The van der Waals surface area contributed by atoms with Gasteiger partial charge in [0, 0.05) is 18.3 Å². The van der Waals surface area contributed by atoms with Gasteiger partial charge in [0.05, 0.1) is 12.0 Å². The average molecular weight is 356 g/mol. The van der Waals surface area contributed by atoms with Gasteiger partial charge in [-0.25, -0.2) is 14.2 Å². The molecule has 0 aliphatic heterocycles. The molecule has 1 N–H and O–H groups in total. The molecule has 0 bridgehead atoms. The molecule has 0 fully saturated rings. The fraction of sp³-hybridized carbons (Fsp3) is 0.211. The monoisotopic (exact) mass is 356 g/mol. The number of ether oxygens (including phenoxy) is 1. The first-order valence-electron chi connectivity index (χ1n) is 8.16. The van der Waals surface area contributed by atoms with E-state index in [0.29, 0.717) is 11.1 Å². The predicted octanol–water partition coefficient (Wildman–Crippen LogP) is 3.10. The number of aryl methyl sites for hydroxylation is 1. The number of rotatable bonds is 4. The van der Waals surface area contributed by atoms with E-state index < -0.39 is 22.8 Å². The summed E-state index contributed by atoms with van der Waals surface area (Å²) in [6.45, 7) is 3.70. The standard InChI is InChI=1S/C19H17FN2O4/c1-3-22-17-14(16(23)15(18(22)24)19(25)26-4-2)9-12(10-21-17)11-5-7-13(20)8-6-11/h5-10,23H,3-4H2,1-2H3. The third-order valence-corrected chi connectivity index (χ3v) is 4.05. The van der Waals surface area contributed by atoms with Gasteiger partial charge in [-0.3, -0.25) is 9.36 Å². The van der Waals surface area contributed by atoms with Gasteiger partial charge in [-0.1, -0.05) is 12.1 Å². The molecule has 6 nitrogen and oxygen atoms in total. The van der Waals surface area contributed by atoms with Crippen molar-refractivity contribution < 1.29 is 19.0 Å². The van der Waals surface area contributed by atoms with Crippen molar-refractivity contribution in [1.82, 2.24) is 9.55 Å². The molecule has 0 atom stereocenters. The van der Waals surface area contributed by atoms with E-state index in [-0.39, 0.29) is 30.0 Å². The Balaban J connectivity index is 2.29. The number of esters is 1. The molecule has 3 rings (SSSR count). The smallest absolute Gasteiger partial charge is 0.347 e. The lowest BCUT2D eigenvalue weighted by atomic mass is 10.0. The number of aromatic hydroxyl groups is 1. The first-order chi connectivity index (χ1) is 12.5. The normalized spacial score (nSPS) is 10.9. The predicted molar refractivity (Wildman–Crippen MR) is 94.7 cm³/mol. The Morgan fingerprint density at radius 1 is 1.23 bits per heavy atom. The fourth-order valence-electron chi connectivity index (χ4n) is 2.79. The van der Waals surface area contributed by atoms with E-state index in [1.807, 2.05) is 0 Å². The Labute approximate surface area is 148 Å². The van der Waals surface area contributed by atoms with E-state index in [1.165, 1.54) is 22.9 Å². The summed E-state index contributed by atoms with van der Waals surface area (Å²) >= 11 is 0. The number of halogens is 1. The molecule has 0 aliphatic carbocycles. The second-order valence-corrected chi connectivity index (χ2v) is 5.60. The number of hydrogen-bond acceptors (Lipinski definition) is 5. The molecule has 2 heterocycles. The highest BCUT2D eigenvalue weighted by Gasteiger charge is 2.23. The van der Waals surface area contributed by atoms with E-state index in [9.17, 15) is 19.1 Å². The molecule has 7 heteroatoms. The van der Waals surface area contributed by atoms with Crippen molar-refractivity contribution in [2.75, 3.05) is 6.61 Å². The topological polar surface area (TPSA) is 81.4 Å². The summed E-state index contributed by atoms with van der Waals surface area (Å²) in [5.41, 5.74) is 0.488. The van der Waals surface area contributed by atoms with Crippen LogP contribution in [0.1, 0.15) is 24.2 Å². The third kappa shape index (κ3) is 2.92. The van der Waals surface area contributed by atoms with Crippen LogP contribution in [0.15, 0.2) is 41.3 Å². The van der Waals surface area contributed by atoms with Crippen molar-refractivity contribution in [3.63, 3.8) is 0 Å². The molecule has 2 aromatic heterocycles. The van der Waals surface area contributed by atoms with Gasteiger partial charge in [0.1, 0.15) is 17.2 Å². The number of nitrogens with zero attached hydrogens (tertiary/aromatic N) is 2. The number of carbonyl (C=O) groups excluding carboxylic acids is 1. The van der Waals surface area contributed by atoms with Gasteiger partial charge in [0.15, 0.2) is 5.56 Å². The van der Waals surface area contributed by atoms with Crippen LogP contribution in [0.4, 0.5) is 4.39 Å². The lowest BCUT2D eigenvalue weighted by Crippen LogP contribution is -2.28. The van der Waals surface area contributed by atoms with Crippen molar-refractivity contribution in [3.05, 3.63) is 58.3 Å². The summed E-state index contributed by atoms with van der Waals surface area (Å²) in [6, 6.07) is 7.40. The number of hydrogen-bond donors (Lipinski definition) is 1. The number of fused-ring (bicyclic) bond motifs is 1. The van der Waals surface area contributed by atoms with E-state index in [4.69, 9.17) is 4.74 Å². The molecule has 0 radical (unpaired) electrons. The van der Waals surface area contributed by atoms with Crippen LogP contribution in [0.25, 0.3) is 22.2 Å². The van der Waals surface area contributed by atoms with Crippen molar-refractivity contribution in [2.45, 2.75) is 20.4 Å². The molecule has 0 saturated heterocycles. The first kappa shape index (κ1) is 17.6. The maximum atomic E-state index is 13.1. The minimum Gasteiger partial charge on any atom is -0.506 e. The maximum absolute atomic E-state index is 13.1. The van der Waals surface area contributed by atoms with Gasteiger partial charge < -0.3 is 9.84 Å². The van der Waals surface area contributed by atoms with Crippen molar-refractivity contribution >= 4 is 17.0 Å². The Hall–Kier alpha value is -3.22. The fourth-order valence-corrected chi connectivity index (χ4v) is 2.79. The first-order valence-corrected chi connectivity index (χ1v) is 8.16. The zero-order valence-electron chi connectivity index (χ0n) is 14.3. The quantitative estimate of drug-likeness (QED) is 0.727. The maximum Gasteiger partial charge on any atom is 0.347 e. The molecule has 3 aromatic rings. The Morgan fingerprint density at radius 3 is 2.54 bits per heavy atom. The van der Waals surface area contributed by atoms with Crippen molar-refractivity contribution in [3.8, 4) is 16.9 Å². The minimum absolute atomic E-state index is 0.0791. The number of benzene rings is 1. The van der Waals surface area contributed by atoms with Crippen LogP contribution in [0.3, 0.4) is 0 Å². The van der Waals surface area contributed by atoms with E-state index in [2.05, 4.69) is 4.98 Å². The zero-order chi connectivity index (χ0) is 18.8. The Bertz CT molecular complexity index is 1040. The van der Waals surface area contributed by atoms with Crippen LogP contribution in [0.2, 0.25) is 0 Å². The Kier molecular flexibility index (Phi) is 4.71. The van der Waals surface area contributed by atoms with Crippen LogP contribution in [-0.2, 0) is 11.3 Å². The number of carbonyl (C=O) groups is 1. The summed E-state index contributed by atoms with van der Waals surface area (Å²) in [5, 5.41) is 10.8. The highest BCUT2D eigenvalue weighted by molar-refractivity contribution is 5.99. The molecule has 0 spiro atoms. The lowest BCUT2D eigenvalue weighted by Gasteiger charge is -2.13. The molecule has 0 unspecified atom stereocenters. The van der Waals surface area contributed by atoms with Gasteiger partial charge >= 0.3 is 5.97 Å². The molecule has 0 amide bonds. The van der Waals surface area contributed by atoms with Gasteiger partial charge in [-0.05, 0) is 37.6 Å². The average Bonchev–Trinajstić information content (AvgIpc) is 2.63. The van der Waals surface area contributed by atoms with E-state index in [1.54, 1.807) is 32.0 Å². The summed E-state index contributed by atoms with van der Waals surface area (Å²) in [7, 11) is 0. The molecule has 1 aromatic carbocycles. The second kappa shape index (κ2) is 6.95. The SMILES string of the molecule is CCOC(=O)c1c(O)c2cc(-c3ccc(F)cc3)cnc2n(CC)c1=O. The summed E-state index contributed by atoms with van der Waals surface area (Å²) < 4.78 is 19.3. The molecular weight excluding hydrogens is 339 g/mol. The van der Waals surface area contributed by atoms with Gasteiger partial charge in [0.25, 0.3) is 5.56 Å². The zero-order valence-corrected chi connectivity index (χ0v) is 14.3. The highest BCUT2D eigenvalue weighted by Crippen LogP contribution is 2.30. The summed E-state index contributed by atoms with van der Waals surface area (Å²) in [5.74, 6) is -1.72. The summed E-state index contributed by atoms with van der Waals surface area (Å²) in [4.78, 5) is 29.0. The van der Waals surface area contributed by atoms with Crippen LogP contribution >= 0.6 is 0 Å². The molecule has 0 aliphatic rings. The lowest BCUT2D eigenvalue weighted by molar-refractivity contribution is 0.0520. The molecule has 0 saturated carbocycles. The van der Waals surface area contributed by atoms with Gasteiger partial charge in [-0.15, -0.1) is 0 Å². The second-order valence-electron chi connectivity index (χ2n) is 5.60. The van der Waals surface area contributed by atoms with Crippen LogP contribution in [-0.4, -0.2) is 27.2 Å². The summed E-state index contributed by atoms with van der Waals surface area (Å²) in [6.07, 6.45) is 1.53. The van der Waals surface area contributed by atoms with E-state index in [0.717, 1.165) is 0 Å². The van der Waals surface area contributed by atoms with Crippen molar-refractivity contribution in [2.24, 2.45) is 0 Å². The molecule has 26 heavy (non-hydrogen) atoms. The Morgan fingerprint density at radius 2 is 1.92 bits per heavy atom. The largest absolute Gasteiger partial charge is 0.506 e. The van der Waals surface area contributed by atoms with Crippen molar-refractivity contribution in [1.29, 1.82) is 0 Å². The van der Waals surface area contributed by atoms with Gasteiger partial charge in [0.2, 0.25) is 0 Å².